The van der Waals surface area contributed by atoms with E-state index in [4.69, 9.17) is 4.52 Å². The van der Waals surface area contributed by atoms with E-state index < -0.39 is 10.0 Å². The summed E-state index contributed by atoms with van der Waals surface area (Å²) in [5.41, 5.74) is 0.900. The number of amides is 1. The zero-order valence-electron chi connectivity index (χ0n) is 15.2. The van der Waals surface area contributed by atoms with Crippen molar-refractivity contribution in [1.82, 2.24) is 9.46 Å². The molecule has 0 bridgehead atoms. The van der Waals surface area contributed by atoms with Crippen LogP contribution in [0.2, 0.25) is 0 Å². The van der Waals surface area contributed by atoms with Crippen LogP contribution < -0.4 is 5.32 Å². The Labute approximate surface area is 153 Å². The third kappa shape index (κ3) is 3.81. The Hall–Kier alpha value is -2.19. The lowest BCUT2D eigenvalue weighted by Gasteiger charge is -2.15. The van der Waals surface area contributed by atoms with E-state index in [2.05, 4.69) is 10.5 Å². The normalized spacial score (nSPS) is 16.0. The molecule has 3 rings (SSSR count). The summed E-state index contributed by atoms with van der Waals surface area (Å²) < 4.78 is 31.6. The summed E-state index contributed by atoms with van der Waals surface area (Å²) in [5, 5.41) is 6.59. The zero-order valence-corrected chi connectivity index (χ0v) is 16.0. The average molecular weight is 377 g/mol. The number of carbonyl (C=O) groups excluding carboxylic acids is 1. The minimum atomic E-state index is -3.48. The molecule has 2 heterocycles. The van der Waals surface area contributed by atoms with Gasteiger partial charge in [0.15, 0.2) is 0 Å². The number of nitrogens with one attached hydrogen (secondary N) is 1. The van der Waals surface area contributed by atoms with Gasteiger partial charge in [0.25, 0.3) is 5.91 Å². The molecule has 0 radical (unpaired) electrons. The predicted molar refractivity (Wildman–Crippen MR) is 97.6 cm³/mol. The fourth-order valence-electron chi connectivity index (χ4n) is 2.73. The van der Waals surface area contributed by atoms with E-state index in [1.54, 1.807) is 6.07 Å². The van der Waals surface area contributed by atoms with E-state index in [1.807, 2.05) is 20.8 Å². The van der Waals surface area contributed by atoms with Crippen molar-refractivity contribution in [2.24, 2.45) is 0 Å². The Bertz CT molecular complexity index is 889. The van der Waals surface area contributed by atoms with Crippen LogP contribution in [-0.4, -0.2) is 36.9 Å². The van der Waals surface area contributed by atoms with E-state index >= 15 is 0 Å². The summed E-state index contributed by atoms with van der Waals surface area (Å²) in [6.07, 6.45) is 1.76. The number of nitrogens with zero attached hydrogens (tertiary/aromatic N) is 2. The first-order valence-corrected chi connectivity index (χ1v) is 10.0. The molecule has 0 atom stereocenters. The highest BCUT2D eigenvalue weighted by Crippen LogP contribution is 2.24. The fraction of sp³-hybridized carbons (Fsp3) is 0.444. The van der Waals surface area contributed by atoms with Gasteiger partial charge in [-0.05, 0) is 37.1 Å². The second kappa shape index (κ2) is 6.85. The average Bonchev–Trinajstić information content (AvgIpc) is 3.26. The molecule has 1 fully saturated rings. The molecule has 26 heavy (non-hydrogen) atoms. The minimum Gasteiger partial charge on any atom is -0.338 e. The van der Waals surface area contributed by atoms with Crippen molar-refractivity contribution in [3.63, 3.8) is 0 Å². The summed E-state index contributed by atoms with van der Waals surface area (Å²) in [4.78, 5) is 12.5. The van der Waals surface area contributed by atoms with Crippen molar-refractivity contribution in [3.8, 4) is 0 Å². The second-order valence-electron chi connectivity index (χ2n) is 7.42. The first-order valence-electron chi connectivity index (χ1n) is 8.57. The molecule has 140 valence electrons. The van der Waals surface area contributed by atoms with E-state index in [0.717, 1.165) is 18.5 Å². The minimum absolute atomic E-state index is 0.182. The predicted octanol–water partition coefficient (Wildman–Crippen LogP) is 3.01. The van der Waals surface area contributed by atoms with Crippen molar-refractivity contribution >= 4 is 21.8 Å². The Morgan fingerprint density at radius 1 is 1.15 bits per heavy atom. The van der Waals surface area contributed by atoms with Gasteiger partial charge >= 0.3 is 0 Å². The maximum atomic E-state index is 12.5. The van der Waals surface area contributed by atoms with Crippen LogP contribution in [0.15, 0.2) is 39.8 Å². The summed E-state index contributed by atoms with van der Waals surface area (Å²) in [7, 11) is -3.48. The molecule has 0 spiro atoms. The topological polar surface area (TPSA) is 92.5 Å². The largest absolute Gasteiger partial charge is 0.338 e. The third-order valence-electron chi connectivity index (χ3n) is 4.33. The SMILES string of the molecule is CC(C)(C)c1cc(NC(=O)c2ccc(S(=O)(=O)N3CCCC3)cc2)on1. The summed E-state index contributed by atoms with van der Waals surface area (Å²) >= 11 is 0. The lowest BCUT2D eigenvalue weighted by atomic mass is 9.92. The lowest BCUT2D eigenvalue weighted by molar-refractivity contribution is 0.102. The highest BCUT2D eigenvalue weighted by Gasteiger charge is 2.27. The van der Waals surface area contributed by atoms with Gasteiger partial charge in [0.2, 0.25) is 15.9 Å². The molecule has 0 saturated carbocycles. The lowest BCUT2D eigenvalue weighted by Crippen LogP contribution is -2.27. The smallest absolute Gasteiger partial charge is 0.258 e. The number of hydrogen-bond acceptors (Lipinski definition) is 5. The Kier molecular flexibility index (Phi) is 4.90. The van der Waals surface area contributed by atoms with Gasteiger partial charge in [0.1, 0.15) is 0 Å². The highest BCUT2D eigenvalue weighted by molar-refractivity contribution is 7.89. The Morgan fingerprint density at radius 3 is 2.31 bits per heavy atom. The molecule has 7 nitrogen and oxygen atoms in total. The molecular weight excluding hydrogens is 354 g/mol. The molecule has 0 aliphatic carbocycles. The van der Waals surface area contributed by atoms with E-state index in [1.165, 1.54) is 28.6 Å². The van der Waals surface area contributed by atoms with Crippen molar-refractivity contribution in [2.45, 2.75) is 43.9 Å². The number of anilines is 1. The van der Waals surface area contributed by atoms with Crippen LogP contribution in [0.3, 0.4) is 0 Å². The number of hydrogen-bond donors (Lipinski definition) is 1. The van der Waals surface area contributed by atoms with Crippen molar-refractivity contribution in [3.05, 3.63) is 41.6 Å². The number of benzene rings is 1. The van der Waals surface area contributed by atoms with Crippen LogP contribution in [-0.2, 0) is 15.4 Å². The number of carbonyl (C=O) groups is 1. The molecule has 1 aliphatic heterocycles. The van der Waals surface area contributed by atoms with Crippen molar-refractivity contribution in [1.29, 1.82) is 0 Å². The first kappa shape index (κ1) is 18.6. The third-order valence-corrected chi connectivity index (χ3v) is 6.25. The van der Waals surface area contributed by atoms with Gasteiger partial charge in [-0.15, -0.1) is 0 Å². The quantitative estimate of drug-likeness (QED) is 0.884. The van der Waals surface area contributed by atoms with Crippen molar-refractivity contribution < 1.29 is 17.7 Å². The summed E-state index contributed by atoms with van der Waals surface area (Å²) in [5.74, 6) is -0.125. The molecule has 1 aromatic carbocycles. The molecule has 0 unspecified atom stereocenters. The molecule has 8 heteroatoms. The molecule has 1 saturated heterocycles. The van der Waals surface area contributed by atoms with E-state index in [-0.39, 0.29) is 22.1 Å². The van der Waals surface area contributed by atoms with Gasteiger partial charge < -0.3 is 4.52 Å². The fourth-order valence-corrected chi connectivity index (χ4v) is 4.24. The van der Waals surface area contributed by atoms with Gasteiger partial charge in [0.05, 0.1) is 10.6 Å². The number of rotatable bonds is 4. The molecule has 1 aromatic heterocycles. The van der Waals surface area contributed by atoms with Gasteiger partial charge in [-0.3, -0.25) is 10.1 Å². The molecule has 2 aromatic rings. The van der Waals surface area contributed by atoms with Crippen LogP contribution in [0, 0.1) is 0 Å². The second-order valence-corrected chi connectivity index (χ2v) is 9.35. The summed E-state index contributed by atoms with van der Waals surface area (Å²) in [6.45, 7) is 7.08. The van der Waals surface area contributed by atoms with E-state index in [9.17, 15) is 13.2 Å². The standard InChI is InChI=1S/C18H23N3O4S/c1-18(2,3)15-12-16(25-20-15)19-17(22)13-6-8-14(9-7-13)26(23,24)21-10-4-5-11-21/h6-9,12H,4-5,10-11H2,1-3H3,(H,19,22). The number of sulfonamides is 1. The monoisotopic (exact) mass is 377 g/mol. The van der Waals surface area contributed by atoms with Crippen molar-refractivity contribution in [2.75, 3.05) is 18.4 Å². The van der Waals surface area contributed by atoms with Crippen LogP contribution in [0.4, 0.5) is 5.88 Å². The van der Waals surface area contributed by atoms with Crippen LogP contribution >= 0.6 is 0 Å². The number of aromatic nitrogens is 1. The first-order chi connectivity index (χ1) is 12.2. The van der Waals surface area contributed by atoms with Gasteiger partial charge in [0, 0.05) is 30.1 Å². The van der Waals surface area contributed by atoms with Gasteiger partial charge in [-0.2, -0.15) is 4.31 Å². The molecule has 1 N–H and O–H groups in total. The maximum absolute atomic E-state index is 12.5. The maximum Gasteiger partial charge on any atom is 0.258 e. The Morgan fingerprint density at radius 2 is 1.77 bits per heavy atom. The Balaban J connectivity index is 1.72. The van der Waals surface area contributed by atoms with E-state index in [0.29, 0.717) is 18.7 Å². The zero-order chi connectivity index (χ0) is 18.9. The van der Waals surface area contributed by atoms with Crippen LogP contribution in [0.25, 0.3) is 0 Å². The van der Waals surface area contributed by atoms with Gasteiger partial charge in [-0.25, -0.2) is 8.42 Å². The molecule has 1 aliphatic rings. The van der Waals surface area contributed by atoms with Crippen LogP contribution in [0.5, 0.6) is 0 Å². The van der Waals surface area contributed by atoms with Gasteiger partial charge in [-0.1, -0.05) is 25.9 Å². The van der Waals surface area contributed by atoms with Crippen LogP contribution in [0.1, 0.15) is 49.7 Å². The summed E-state index contributed by atoms with van der Waals surface area (Å²) in [6, 6.07) is 7.61. The highest BCUT2D eigenvalue weighted by atomic mass is 32.2. The molecular formula is C18H23N3O4S. The molecule has 1 amide bonds.